The van der Waals surface area contributed by atoms with Crippen molar-refractivity contribution in [1.29, 1.82) is 0 Å². The van der Waals surface area contributed by atoms with Crippen LogP contribution in [0.5, 0.6) is 0 Å². The number of piperidine rings is 1. The van der Waals surface area contributed by atoms with Crippen molar-refractivity contribution in [2.75, 3.05) is 39.8 Å². The molecule has 0 aromatic carbocycles. The lowest BCUT2D eigenvalue weighted by molar-refractivity contribution is 0.0448. The van der Waals surface area contributed by atoms with Crippen molar-refractivity contribution < 1.29 is 0 Å². The monoisotopic (exact) mass is 261 g/mol. The van der Waals surface area contributed by atoms with E-state index in [1.807, 2.05) is 0 Å². The summed E-state index contributed by atoms with van der Waals surface area (Å²) >= 11 is 0. The zero-order chi connectivity index (χ0) is 11.5. The third-order valence-corrected chi connectivity index (χ3v) is 4.38. The quantitative estimate of drug-likeness (QED) is 0.812. The molecule has 3 nitrogen and oxygen atoms in total. The third-order valence-electron chi connectivity index (χ3n) is 4.38. The molecule has 0 spiro atoms. The standard InChI is InChI=1S/C13H27N3.ClH/c1-11-9-16(12(2)8-15(11)3)10-13-4-6-14-7-5-13;/h11-14H,4-10H2,1-3H3;1H. The summed E-state index contributed by atoms with van der Waals surface area (Å²) in [5.41, 5.74) is 0. The summed E-state index contributed by atoms with van der Waals surface area (Å²) in [6, 6.07) is 1.45. The van der Waals surface area contributed by atoms with Crippen LogP contribution in [-0.2, 0) is 0 Å². The van der Waals surface area contributed by atoms with Crippen molar-refractivity contribution in [3.05, 3.63) is 0 Å². The normalized spacial score (nSPS) is 33.4. The highest BCUT2D eigenvalue weighted by Crippen LogP contribution is 2.19. The lowest BCUT2D eigenvalue weighted by Crippen LogP contribution is -2.56. The average molecular weight is 262 g/mol. The number of hydrogen-bond donors (Lipinski definition) is 1. The van der Waals surface area contributed by atoms with E-state index in [9.17, 15) is 0 Å². The van der Waals surface area contributed by atoms with Gasteiger partial charge in [0.25, 0.3) is 0 Å². The molecule has 2 saturated heterocycles. The van der Waals surface area contributed by atoms with Crippen LogP contribution in [0.25, 0.3) is 0 Å². The molecular formula is C13H28ClN3. The molecule has 2 atom stereocenters. The second kappa shape index (κ2) is 6.93. The van der Waals surface area contributed by atoms with Crippen LogP contribution in [-0.4, -0.2) is 61.7 Å². The zero-order valence-electron chi connectivity index (χ0n) is 11.5. The van der Waals surface area contributed by atoms with Crippen LogP contribution >= 0.6 is 12.4 Å². The van der Waals surface area contributed by atoms with Gasteiger partial charge in [-0.05, 0) is 52.7 Å². The van der Waals surface area contributed by atoms with Gasteiger partial charge in [-0.1, -0.05) is 0 Å². The molecule has 2 aliphatic heterocycles. The van der Waals surface area contributed by atoms with Gasteiger partial charge in [-0.25, -0.2) is 0 Å². The highest BCUT2D eigenvalue weighted by atomic mass is 35.5. The van der Waals surface area contributed by atoms with Crippen molar-refractivity contribution in [3.8, 4) is 0 Å². The third kappa shape index (κ3) is 4.09. The van der Waals surface area contributed by atoms with Crippen molar-refractivity contribution in [2.45, 2.75) is 38.8 Å². The van der Waals surface area contributed by atoms with Crippen LogP contribution < -0.4 is 5.32 Å². The molecule has 0 radical (unpaired) electrons. The van der Waals surface area contributed by atoms with Crippen LogP contribution in [0.4, 0.5) is 0 Å². The number of rotatable bonds is 2. The summed E-state index contributed by atoms with van der Waals surface area (Å²) in [6.07, 6.45) is 2.74. The van der Waals surface area contributed by atoms with E-state index in [0.29, 0.717) is 0 Å². The largest absolute Gasteiger partial charge is 0.317 e. The van der Waals surface area contributed by atoms with E-state index >= 15 is 0 Å². The highest BCUT2D eigenvalue weighted by molar-refractivity contribution is 5.85. The number of hydrogen-bond acceptors (Lipinski definition) is 3. The molecule has 4 heteroatoms. The van der Waals surface area contributed by atoms with E-state index in [-0.39, 0.29) is 12.4 Å². The Labute approximate surface area is 112 Å². The smallest absolute Gasteiger partial charge is 0.0195 e. The molecule has 2 unspecified atom stereocenters. The van der Waals surface area contributed by atoms with Crippen molar-refractivity contribution in [3.63, 3.8) is 0 Å². The first-order chi connectivity index (χ1) is 7.66. The van der Waals surface area contributed by atoms with Crippen LogP contribution in [0.1, 0.15) is 26.7 Å². The van der Waals surface area contributed by atoms with Crippen LogP contribution in [0, 0.1) is 5.92 Å². The minimum absolute atomic E-state index is 0. The molecule has 0 aromatic rings. The van der Waals surface area contributed by atoms with Crippen molar-refractivity contribution in [1.82, 2.24) is 15.1 Å². The van der Waals surface area contributed by atoms with E-state index in [1.54, 1.807) is 0 Å². The number of halogens is 1. The van der Waals surface area contributed by atoms with E-state index < -0.39 is 0 Å². The summed E-state index contributed by atoms with van der Waals surface area (Å²) in [5, 5.41) is 3.45. The van der Waals surface area contributed by atoms with Gasteiger partial charge >= 0.3 is 0 Å². The van der Waals surface area contributed by atoms with Crippen LogP contribution in [0.2, 0.25) is 0 Å². The second-order valence-electron chi connectivity index (χ2n) is 5.78. The maximum atomic E-state index is 3.45. The Morgan fingerprint density at radius 2 is 1.71 bits per heavy atom. The summed E-state index contributed by atoms with van der Waals surface area (Å²) in [5.74, 6) is 0.930. The Balaban J connectivity index is 0.00000144. The predicted octanol–water partition coefficient (Wildman–Crippen LogP) is 1.43. The van der Waals surface area contributed by atoms with Gasteiger partial charge in [-0.3, -0.25) is 4.90 Å². The number of piperazine rings is 1. The fourth-order valence-corrected chi connectivity index (χ4v) is 3.02. The first-order valence-corrected chi connectivity index (χ1v) is 6.82. The van der Waals surface area contributed by atoms with Crippen LogP contribution in [0.15, 0.2) is 0 Å². The minimum Gasteiger partial charge on any atom is -0.317 e. The Morgan fingerprint density at radius 3 is 2.35 bits per heavy atom. The summed E-state index contributed by atoms with van der Waals surface area (Å²) < 4.78 is 0. The molecule has 102 valence electrons. The molecule has 2 heterocycles. The van der Waals surface area contributed by atoms with E-state index in [4.69, 9.17) is 0 Å². The fourth-order valence-electron chi connectivity index (χ4n) is 3.02. The first-order valence-electron chi connectivity index (χ1n) is 6.82. The molecule has 0 bridgehead atoms. The summed E-state index contributed by atoms with van der Waals surface area (Å²) in [7, 11) is 2.25. The van der Waals surface area contributed by atoms with Gasteiger partial charge < -0.3 is 10.2 Å². The van der Waals surface area contributed by atoms with Gasteiger partial charge in [0.05, 0.1) is 0 Å². The predicted molar refractivity (Wildman–Crippen MR) is 76.0 cm³/mol. The van der Waals surface area contributed by atoms with Gasteiger partial charge in [0.15, 0.2) is 0 Å². The zero-order valence-corrected chi connectivity index (χ0v) is 12.3. The number of nitrogens with one attached hydrogen (secondary N) is 1. The molecular weight excluding hydrogens is 234 g/mol. The Bertz CT molecular complexity index is 219. The number of likely N-dealkylation sites (N-methyl/N-ethyl adjacent to an activating group) is 1. The molecule has 0 aromatic heterocycles. The first kappa shape index (κ1) is 15.2. The Kier molecular flexibility index (Phi) is 6.21. The molecule has 0 saturated carbocycles. The maximum Gasteiger partial charge on any atom is 0.0195 e. The minimum atomic E-state index is 0. The molecule has 2 fully saturated rings. The van der Waals surface area contributed by atoms with Gasteiger partial charge in [0.1, 0.15) is 0 Å². The molecule has 2 rings (SSSR count). The molecule has 17 heavy (non-hydrogen) atoms. The second-order valence-corrected chi connectivity index (χ2v) is 5.78. The van der Waals surface area contributed by atoms with Gasteiger partial charge in [-0.2, -0.15) is 0 Å². The van der Waals surface area contributed by atoms with E-state index in [2.05, 4.69) is 36.0 Å². The van der Waals surface area contributed by atoms with Crippen LogP contribution in [0.3, 0.4) is 0 Å². The fraction of sp³-hybridized carbons (Fsp3) is 1.00. The van der Waals surface area contributed by atoms with Gasteiger partial charge in [-0.15, -0.1) is 12.4 Å². The lowest BCUT2D eigenvalue weighted by atomic mass is 9.96. The molecule has 1 N–H and O–H groups in total. The lowest BCUT2D eigenvalue weighted by Gasteiger charge is -2.44. The maximum absolute atomic E-state index is 3.45. The average Bonchev–Trinajstić information content (AvgIpc) is 2.27. The molecule has 0 aliphatic carbocycles. The van der Waals surface area contributed by atoms with E-state index in [0.717, 1.165) is 18.0 Å². The summed E-state index contributed by atoms with van der Waals surface area (Å²) in [4.78, 5) is 5.20. The SMILES string of the molecule is CC1CN(CC2CCNCC2)C(C)CN1C.Cl. The Morgan fingerprint density at radius 1 is 1.06 bits per heavy atom. The van der Waals surface area contributed by atoms with E-state index in [1.165, 1.54) is 45.6 Å². The number of nitrogens with zero attached hydrogens (tertiary/aromatic N) is 2. The topological polar surface area (TPSA) is 18.5 Å². The van der Waals surface area contributed by atoms with Crippen molar-refractivity contribution in [2.24, 2.45) is 5.92 Å². The highest BCUT2D eigenvalue weighted by Gasteiger charge is 2.28. The van der Waals surface area contributed by atoms with Gasteiger partial charge in [0, 0.05) is 31.7 Å². The molecule has 2 aliphatic rings. The van der Waals surface area contributed by atoms with Gasteiger partial charge in [0.2, 0.25) is 0 Å². The molecule has 0 amide bonds. The van der Waals surface area contributed by atoms with Crippen molar-refractivity contribution >= 4 is 12.4 Å². The Hall–Kier alpha value is 0.170. The summed E-state index contributed by atoms with van der Waals surface area (Å²) in [6.45, 7) is 11.0.